The molecule has 0 spiro atoms. The number of hydrogen-bond donors (Lipinski definition) is 0. The number of rotatable bonds is 3. The van der Waals surface area contributed by atoms with Crippen LogP contribution in [0.15, 0.2) is 28.7 Å². The van der Waals surface area contributed by atoms with Gasteiger partial charge in [-0.3, -0.25) is 4.79 Å². The minimum Gasteiger partial charge on any atom is -0.334 e. The lowest BCUT2D eigenvalue weighted by atomic mass is 9.94. The standard InChI is InChI=1S/C13H17BrN2O/c1-15(2)9-13(17)16-7-6-12(16)10-4-3-5-11(14)8-10/h3-5,8,12H,6-7,9H2,1-2H3/t12-/m0/s1. The Balaban J connectivity index is 2.06. The van der Waals surface area contributed by atoms with Crippen LogP contribution >= 0.6 is 15.9 Å². The third-order valence-corrected chi connectivity index (χ3v) is 3.52. The molecule has 0 saturated carbocycles. The summed E-state index contributed by atoms with van der Waals surface area (Å²) in [6.45, 7) is 1.37. The molecule has 1 amide bonds. The first-order valence-corrected chi connectivity index (χ1v) is 6.57. The molecule has 0 unspecified atom stereocenters. The summed E-state index contributed by atoms with van der Waals surface area (Å²) in [6.07, 6.45) is 1.07. The van der Waals surface area contributed by atoms with Gasteiger partial charge in [0.2, 0.25) is 5.91 Å². The highest BCUT2D eigenvalue weighted by Crippen LogP contribution is 2.34. The Morgan fingerprint density at radius 3 is 2.82 bits per heavy atom. The zero-order chi connectivity index (χ0) is 12.4. The molecule has 3 nitrogen and oxygen atoms in total. The fourth-order valence-electron chi connectivity index (χ4n) is 2.11. The Bertz CT molecular complexity index is 420. The van der Waals surface area contributed by atoms with Crippen molar-refractivity contribution in [1.82, 2.24) is 9.80 Å². The molecule has 1 aromatic rings. The summed E-state index contributed by atoms with van der Waals surface area (Å²) in [5.74, 6) is 0.214. The first kappa shape index (κ1) is 12.6. The summed E-state index contributed by atoms with van der Waals surface area (Å²) in [4.78, 5) is 15.9. The molecule has 4 heteroatoms. The third kappa shape index (κ3) is 2.87. The van der Waals surface area contributed by atoms with Gasteiger partial charge in [0.05, 0.1) is 12.6 Å². The van der Waals surface area contributed by atoms with Gasteiger partial charge >= 0.3 is 0 Å². The van der Waals surface area contributed by atoms with Gasteiger partial charge in [0, 0.05) is 11.0 Å². The third-order valence-electron chi connectivity index (χ3n) is 3.02. The van der Waals surface area contributed by atoms with E-state index < -0.39 is 0 Å². The Kier molecular flexibility index (Phi) is 3.84. The van der Waals surface area contributed by atoms with E-state index >= 15 is 0 Å². The Morgan fingerprint density at radius 2 is 2.29 bits per heavy atom. The SMILES string of the molecule is CN(C)CC(=O)N1CC[C@H]1c1cccc(Br)c1. The summed E-state index contributed by atoms with van der Waals surface area (Å²) >= 11 is 3.47. The Labute approximate surface area is 111 Å². The number of carbonyl (C=O) groups excluding carboxylic acids is 1. The van der Waals surface area contributed by atoms with Crippen molar-refractivity contribution in [3.8, 4) is 0 Å². The van der Waals surface area contributed by atoms with Crippen molar-refractivity contribution >= 4 is 21.8 Å². The zero-order valence-electron chi connectivity index (χ0n) is 10.2. The van der Waals surface area contributed by atoms with Gasteiger partial charge in [-0.1, -0.05) is 28.1 Å². The first-order valence-electron chi connectivity index (χ1n) is 5.77. The van der Waals surface area contributed by atoms with E-state index in [-0.39, 0.29) is 11.9 Å². The van der Waals surface area contributed by atoms with Crippen molar-refractivity contribution in [2.24, 2.45) is 0 Å². The lowest BCUT2D eigenvalue weighted by Gasteiger charge is -2.42. The maximum atomic E-state index is 12.0. The summed E-state index contributed by atoms with van der Waals surface area (Å²) in [5.41, 5.74) is 1.22. The number of amides is 1. The lowest BCUT2D eigenvalue weighted by molar-refractivity contribution is -0.139. The van der Waals surface area contributed by atoms with E-state index in [9.17, 15) is 4.79 Å². The maximum absolute atomic E-state index is 12.0. The summed E-state index contributed by atoms with van der Waals surface area (Å²) in [6, 6.07) is 8.48. The molecule has 1 aliphatic rings. The van der Waals surface area contributed by atoms with Crippen molar-refractivity contribution < 1.29 is 4.79 Å². The molecule has 0 aromatic heterocycles. The molecular weight excluding hydrogens is 280 g/mol. The van der Waals surface area contributed by atoms with E-state index in [2.05, 4.69) is 28.1 Å². The van der Waals surface area contributed by atoms with Gasteiger partial charge in [0.15, 0.2) is 0 Å². The van der Waals surface area contributed by atoms with E-state index in [1.54, 1.807) is 0 Å². The van der Waals surface area contributed by atoms with E-state index in [0.29, 0.717) is 6.54 Å². The smallest absolute Gasteiger partial charge is 0.237 e. The molecule has 92 valence electrons. The lowest BCUT2D eigenvalue weighted by Crippen LogP contribution is -2.48. The quantitative estimate of drug-likeness (QED) is 0.854. The molecule has 0 radical (unpaired) electrons. The number of hydrogen-bond acceptors (Lipinski definition) is 2. The van der Waals surface area contributed by atoms with Crippen molar-refractivity contribution in [3.63, 3.8) is 0 Å². The minimum atomic E-state index is 0.214. The molecule has 1 heterocycles. The van der Waals surface area contributed by atoms with Gasteiger partial charge in [-0.2, -0.15) is 0 Å². The zero-order valence-corrected chi connectivity index (χ0v) is 11.8. The molecular formula is C13H17BrN2O. The van der Waals surface area contributed by atoms with E-state index in [1.165, 1.54) is 5.56 Å². The van der Waals surface area contributed by atoms with Crippen LogP contribution in [0.25, 0.3) is 0 Å². The number of carbonyl (C=O) groups is 1. The average Bonchev–Trinajstić information content (AvgIpc) is 2.13. The predicted octanol–water partition coefficient (Wildman–Crippen LogP) is 2.28. The number of likely N-dealkylation sites (tertiary alicyclic amines) is 1. The van der Waals surface area contributed by atoms with Crippen LogP contribution < -0.4 is 0 Å². The molecule has 0 aliphatic carbocycles. The van der Waals surface area contributed by atoms with Crippen molar-refractivity contribution in [2.45, 2.75) is 12.5 Å². The fraction of sp³-hybridized carbons (Fsp3) is 0.462. The number of benzene rings is 1. The van der Waals surface area contributed by atoms with Crippen LogP contribution in [0, 0.1) is 0 Å². The molecule has 1 aromatic carbocycles. The monoisotopic (exact) mass is 296 g/mol. The molecule has 0 N–H and O–H groups in total. The van der Waals surface area contributed by atoms with Crippen LogP contribution in [-0.2, 0) is 4.79 Å². The summed E-state index contributed by atoms with van der Waals surface area (Å²) in [7, 11) is 3.84. The van der Waals surface area contributed by atoms with Gasteiger partial charge in [-0.25, -0.2) is 0 Å². The number of nitrogens with zero attached hydrogens (tertiary/aromatic N) is 2. The normalized spacial score (nSPS) is 19.3. The summed E-state index contributed by atoms with van der Waals surface area (Å²) < 4.78 is 1.07. The number of likely N-dealkylation sites (N-methyl/N-ethyl adjacent to an activating group) is 1. The molecule has 1 fully saturated rings. The molecule has 1 aliphatic heterocycles. The predicted molar refractivity (Wildman–Crippen MR) is 71.8 cm³/mol. The second-order valence-corrected chi connectivity index (χ2v) is 5.60. The summed E-state index contributed by atoms with van der Waals surface area (Å²) in [5, 5.41) is 0. The second-order valence-electron chi connectivity index (χ2n) is 4.68. The Hall–Kier alpha value is -0.870. The van der Waals surface area contributed by atoms with Crippen molar-refractivity contribution in [2.75, 3.05) is 27.2 Å². The Morgan fingerprint density at radius 1 is 1.53 bits per heavy atom. The van der Waals surface area contributed by atoms with Crippen LogP contribution in [0.1, 0.15) is 18.0 Å². The van der Waals surface area contributed by atoms with Crippen molar-refractivity contribution in [1.29, 1.82) is 0 Å². The molecule has 2 rings (SSSR count). The van der Waals surface area contributed by atoms with Gasteiger partial charge in [0.25, 0.3) is 0 Å². The second kappa shape index (κ2) is 5.19. The molecule has 1 saturated heterocycles. The molecule has 0 bridgehead atoms. The van der Waals surface area contributed by atoms with Crippen LogP contribution in [0.4, 0.5) is 0 Å². The highest BCUT2D eigenvalue weighted by atomic mass is 79.9. The van der Waals surface area contributed by atoms with Crippen LogP contribution in [-0.4, -0.2) is 42.9 Å². The highest BCUT2D eigenvalue weighted by Gasteiger charge is 2.33. The molecule has 17 heavy (non-hydrogen) atoms. The minimum absolute atomic E-state index is 0.214. The first-order chi connectivity index (χ1) is 8.08. The van der Waals surface area contributed by atoms with E-state index in [1.807, 2.05) is 36.0 Å². The van der Waals surface area contributed by atoms with Gasteiger partial charge in [-0.15, -0.1) is 0 Å². The average molecular weight is 297 g/mol. The van der Waals surface area contributed by atoms with Gasteiger partial charge < -0.3 is 9.80 Å². The van der Waals surface area contributed by atoms with Crippen LogP contribution in [0.2, 0.25) is 0 Å². The van der Waals surface area contributed by atoms with E-state index in [0.717, 1.165) is 17.4 Å². The van der Waals surface area contributed by atoms with Crippen molar-refractivity contribution in [3.05, 3.63) is 34.3 Å². The molecule has 1 atom stereocenters. The van der Waals surface area contributed by atoms with E-state index in [4.69, 9.17) is 0 Å². The van der Waals surface area contributed by atoms with Gasteiger partial charge in [0.1, 0.15) is 0 Å². The van der Waals surface area contributed by atoms with Crippen LogP contribution in [0.3, 0.4) is 0 Å². The van der Waals surface area contributed by atoms with Crippen LogP contribution in [0.5, 0.6) is 0 Å². The highest BCUT2D eigenvalue weighted by molar-refractivity contribution is 9.10. The van der Waals surface area contributed by atoms with Gasteiger partial charge in [-0.05, 0) is 38.2 Å². The largest absolute Gasteiger partial charge is 0.334 e. The maximum Gasteiger partial charge on any atom is 0.237 e. The fourth-order valence-corrected chi connectivity index (χ4v) is 2.52. The number of halogens is 1. The topological polar surface area (TPSA) is 23.6 Å².